The van der Waals surface area contributed by atoms with Crippen molar-refractivity contribution >= 4 is 23.3 Å². The molecule has 7 nitrogen and oxygen atoms in total. The minimum Gasteiger partial charge on any atom is -0.497 e. The quantitative estimate of drug-likeness (QED) is 0.855. The van der Waals surface area contributed by atoms with Crippen molar-refractivity contribution in [3.8, 4) is 5.75 Å². The third kappa shape index (κ3) is 4.47. The normalized spacial score (nSPS) is 14.0. The van der Waals surface area contributed by atoms with Gasteiger partial charge in [-0.25, -0.2) is 4.98 Å². The molecule has 2 amide bonds. The molecule has 25 heavy (non-hydrogen) atoms. The lowest BCUT2D eigenvalue weighted by atomic mass is 10.1. The summed E-state index contributed by atoms with van der Waals surface area (Å²) >= 11 is 0. The van der Waals surface area contributed by atoms with Gasteiger partial charge in [-0.2, -0.15) is 0 Å². The smallest absolute Gasteiger partial charge is 0.239 e. The molecule has 3 rings (SSSR count). The Morgan fingerprint density at radius 1 is 1.28 bits per heavy atom. The minimum absolute atomic E-state index is 0.00933. The summed E-state index contributed by atoms with van der Waals surface area (Å²) in [5.74, 6) is 1.36. The highest BCUT2D eigenvalue weighted by atomic mass is 16.5. The molecule has 2 N–H and O–H groups in total. The lowest BCUT2D eigenvalue weighted by molar-refractivity contribution is -0.120. The largest absolute Gasteiger partial charge is 0.497 e. The third-order valence-corrected chi connectivity index (χ3v) is 3.92. The van der Waals surface area contributed by atoms with Crippen molar-refractivity contribution in [2.45, 2.75) is 6.42 Å². The standard InChI is InChI=1S/C18H20N4O3/c1-25-15-5-2-13(3-6-15)10-17(23)21-14-4-7-16(20-11-14)22-9-8-19-18(24)12-22/h2-7,11H,8-10,12H2,1H3,(H,19,24)(H,21,23). The zero-order chi connectivity index (χ0) is 17.6. The first kappa shape index (κ1) is 16.8. The summed E-state index contributed by atoms with van der Waals surface area (Å²) in [7, 11) is 1.61. The van der Waals surface area contributed by atoms with E-state index in [0.717, 1.165) is 23.7 Å². The molecule has 130 valence electrons. The molecule has 0 atom stereocenters. The second kappa shape index (κ2) is 7.65. The molecule has 0 radical (unpaired) electrons. The average Bonchev–Trinajstić information content (AvgIpc) is 2.63. The van der Waals surface area contributed by atoms with Gasteiger partial charge in [-0.1, -0.05) is 12.1 Å². The van der Waals surface area contributed by atoms with Crippen molar-refractivity contribution in [1.82, 2.24) is 10.3 Å². The molecule has 1 aromatic heterocycles. The van der Waals surface area contributed by atoms with E-state index < -0.39 is 0 Å². The van der Waals surface area contributed by atoms with Gasteiger partial charge in [-0.15, -0.1) is 0 Å². The first-order valence-corrected chi connectivity index (χ1v) is 8.04. The molecule has 0 saturated carbocycles. The highest BCUT2D eigenvalue weighted by Gasteiger charge is 2.17. The van der Waals surface area contributed by atoms with Gasteiger partial charge in [0.25, 0.3) is 0 Å². The number of carbonyl (C=O) groups excluding carboxylic acids is 2. The fraction of sp³-hybridized carbons (Fsp3) is 0.278. The van der Waals surface area contributed by atoms with Crippen molar-refractivity contribution in [2.75, 3.05) is 37.0 Å². The molecule has 2 heterocycles. The van der Waals surface area contributed by atoms with Gasteiger partial charge in [0.2, 0.25) is 11.8 Å². The molecular weight excluding hydrogens is 320 g/mol. The number of rotatable bonds is 5. The van der Waals surface area contributed by atoms with E-state index in [4.69, 9.17) is 4.74 Å². The Morgan fingerprint density at radius 2 is 2.08 bits per heavy atom. The topological polar surface area (TPSA) is 83.6 Å². The van der Waals surface area contributed by atoms with Crippen molar-refractivity contribution in [3.63, 3.8) is 0 Å². The molecule has 0 bridgehead atoms. The Balaban J connectivity index is 1.56. The number of pyridine rings is 1. The molecule has 1 aliphatic heterocycles. The van der Waals surface area contributed by atoms with Crippen molar-refractivity contribution in [1.29, 1.82) is 0 Å². The Hall–Kier alpha value is -3.09. The Kier molecular flexibility index (Phi) is 5.13. The lowest BCUT2D eigenvalue weighted by Crippen LogP contribution is -2.48. The van der Waals surface area contributed by atoms with Crippen LogP contribution >= 0.6 is 0 Å². The highest BCUT2D eigenvalue weighted by molar-refractivity contribution is 5.92. The summed E-state index contributed by atoms with van der Waals surface area (Å²) < 4.78 is 5.10. The van der Waals surface area contributed by atoms with Gasteiger partial charge in [-0.3, -0.25) is 9.59 Å². The number of nitrogens with zero attached hydrogens (tertiary/aromatic N) is 2. The summed E-state index contributed by atoms with van der Waals surface area (Å²) in [5.41, 5.74) is 1.53. The lowest BCUT2D eigenvalue weighted by Gasteiger charge is -2.27. The van der Waals surface area contributed by atoms with Gasteiger partial charge in [0.05, 0.1) is 32.0 Å². The number of amides is 2. The molecule has 0 unspecified atom stereocenters. The van der Waals surface area contributed by atoms with Crippen LogP contribution in [0, 0.1) is 0 Å². The number of benzene rings is 1. The van der Waals surface area contributed by atoms with Crippen LogP contribution in [0.3, 0.4) is 0 Å². The number of methoxy groups -OCH3 is 1. The van der Waals surface area contributed by atoms with E-state index in [2.05, 4.69) is 15.6 Å². The maximum atomic E-state index is 12.1. The number of hydrogen-bond acceptors (Lipinski definition) is 5. The van der Waals surface area contributed by atoms with Crippen LogP contribution in [0.15, 0.2) is 42.6 Å². The van der Waals surface area contributed by atoms with Gasteiger partial charge >= 0.3 is 0 Å². The second-order valence-electron chi connectivity index (χ2n) is 5.75. The molecule has 7 heteroatoms. The van der Waals surface area contributed by atoms with Crippen molar-refractivity contribution < 1.29 is 14.3 Å². The van der Waals surface area contributed by atoms with Gasteiger partial charge in [-0.05, 0) is 29.8 Å². The average molecular weight is 340 g/mol. The van der Waals surface area contributed by atoms with Crippen LogP contribution in [0.5, 0.6) is 5.75 Å². The SMILES string of the molecule is COc1ccc(CC(=O)Nc2ccc(N3CCNC(=O)C3)nc2)cc1. The number of nitrogens with one attached hydrogen (secondary N) is 2. The van der Waals surface area contributed by atoms with Crippen molar-refractivity contribution in [2.24, 2.45) is 0 Å². The molecule has 1 aromatic carbocycles. The summed E-state index contributed by atoms with van der Waals surface area (Å²) in [6.45, 7) is 1.64. The van der Waals surface area contributed by atoms with E-state index in [0.29, 0.717) is 18.8 Å². The molecule has 0 spiro atoms. The minimum atomic E-state index is -0.114. The third-order valence-electron chi connectivity index (χ3n) is 3.92. The van der Waals surface area contributed by atoms with Gasteiger partial charge in [0.15, 0.2) is 0 Å². The number of aromatic nitrogens is 1. The van der Waals surface area contributed by atoms with E-state index in [9.17, 15) is 9.59 Å². The molecule has 1 aliphatic rings. The molecule has 1 fully saturated rings. The van der Waals surface area contributed by atoms with Crippen LogP contribution in [0.1, 0.15) is 5.56 Å². The van der Waals surface area contributed by atoms with Crippen LogP contribution in [0.25, 0.3) is 0 Å². The number of hydrogen-bond donors (Lipinski definition) is 2. The van der Waals surface area contributed by atoms with E-state index in [-0.39, 0.29) is 18.2 Å². The van der Waals surface area contributed by atoms with E-state index in [1.165, 1.54) is 0 Å². The molecule has 0 aliphatic carbocycles. The highest BCUT2D eigenvalue weighted by Crippen LogP contribution is 2.16. The fourth-order valence-electron chi connectivity index (χ4n) is 2.62. The number of ether oxygens (including phenoxy) is 1. The molecule has 1 saturated heterocycles. The summed E-state index contributed by atoms with van der Waals surface area (Å²) in [6.07, 6.45) is 1.88. The summed E-state index contributed by atoms with van der Waals surface area (Å²) in [5, 5.41) is 5.60. The second-order valence-corrected chi connectivity index (χ2v) is 5.75. The zero-order valence-corrected chi connectivity index (χ0v) is 14.0. The Morgan fingerprint density at radius 3 is 2.72 bits per heavy atom. The number of piperazine rings is 1. The van der Waals surface area contributed by atoms with E-state index >= 15 is 0 Å². The van der Waals surface area contributed by atoms with Crippen LogP contribution in [0.2, 0.25) is 0 Å². The maximum Gasteiger partial charge on any atom is 0.239 e. The molecule has 2 aromatic rings. The maximum absolute atomic E-state index is 12.1. The van der Waals surface area contributed by atoms with Crippen LogP contribution in [-0.2, 0) is 16.0 Å². The van der Waals surface area contributed by atoms with Crippen LogP contribution < -0.4 is 20.3 Å². The fourth-order valence-corrected chi connectivity index (χ4v) is 2.62. The predicted molar refractivity (Wildman–Crippen MR) is 94.8 cm³/mol. The number of carbonyl (C=O) groups is 2. The summed E-state index contributed by atoms with van der Waals surface area (Å²) in [6, 6.07) is 11.0. The van der Waals surface area contributed by atoms with Crippen molar-refractivity contribution in [3.05, 3.63) is 48.2 Å². The van der Waals surface area contributed by atoms with Gasteiger partial charge < -0.3 is 20.3 Å². The first-order valence-electron chi connectivity index (χ1n) is 8.04. The Labute approximate surface area is 146 Å². The predicted octanol–water partition coefficient (Wildman–Crippen LogP) is 1.21. The molecular formula is C18H20N4O3. The van der Waals surface area contributed by atoms with E-state index in [1.807, 2.05) is 35.2 Å². The van der Waals surface area contributed by atoms with Crippen LogP contribution in [-0.4, -0.2) is 43.5 Å². The van der Waals surface area contributed by atoms with Gasteiger partial charge in [0, 0.05) is 13.1 Å². The van der Waals surface area contributed by atoms with Gasteiger partial charge in [0.1, 0.15) is 11.6 Å². The van der Waals surface area contributed by atoms with E-state index in [1.54, 1.807) is 19.4 Å². The summed E-state index contributed by atoms with van der Waals surface area (Å²) in [4.78, 5) is 29.8. The monoisotopic (exact) mass is 340 g/mol. The Bertz CT molecular complexity index is 744. The zero-order valence-electron chi connectivity index (χ0n) is 14.0. The van der Waals surface area contributed by atoms with Crippen LogP contribution in [0.4, 0.5) is 11.5 Å². The number of anilines is 2. The first-order chi connectivity index (χ1) is 12.1.